The van der Waals surface area contributed by atoms with Crippen LogP contribution in [-0.2, 0) is 18.4 Å². The van der Waals surface area contributed by atoms with Crippen LogP contribution in [0.1, 0.15) is 12.5 Å². The van der Waals surface area contributed by atoms with Crippen molar-refractivity contribution in [3.8, 4) is 0 Å². The molecule has 0 aliphatic carbocycles. The van der Waals surface area contributed by atoms with Crippen molar-refractivity contribution in [2.24, 2.45) is 7.05 Å². The Hall–Kier alpha value is -0.990. The van der Waals surface area contributed by atoms with E-state index in [0.717, 1.165) is 11.6 Å². The lowest BCUT2D eigenvalue weighted by molar-refractivity contribution is 0.135. The van der Waals surface area contributed by atoms with Crippen molar-refractivity contribution in [3.05, 3.63) is 35.0 Å². The normalized spacial score (nSPS) is 11.1. The van der Waals surface area contributed by atoms with Crippen LogP contribution in [0.3, 0.4) is 0 Å². The average molecular weight is 224 g/mol. The summed E-state index contributed by atoms with van der Waals surface area (Å²) < 4.78 is 7.52. The Kier molecular flexibility index (Phi) is 2.98. The molecular weight excluding hydrogens is 210 g/mol. The predicted molar refractivity (Wildman–Crippen MR) is 63.3 cm³/mol. The van der Waals surface area contributed by atoms with Gasteiger partial charge >= 0.3 is 0 Å². The third-order valence-corrected chi connectivity index (χ3v) is 2.73. The summed E-state index contributed by atoms with van der Waals surface area (Å²) >= 11 is 5.98. The van der Waals surface area contributed by atoms with Crippen molar-refractivity contribution in [1.29, 1.82) is 0 Å². The van der Waals surface area contributed by atoms with E-state index in [0.29, 0.717) is 6.61 Å². The number of aryl methyl sites for hydroxylation is 1. The maximum Gasteiger partial charge on any atom is 0.0737 e. The molecule has 3 heteroatoms. The number of halogens is 1. The number of benzene rings is 1. The van der Waals surface area contributed by atoms with Crippen LogP contribution < -0.4 is 0 Å². The molecule has 1 aromatic heterocycles. The summed E-state index contributed by atoms with van der Waals surface area (Å²) in [4.78, 5) is 0. The molecule has 0 aliphatic heterocycles. The lowest BCUT2D eigenvalue weighted by atomic mass is 10.2. The van der Waals surface area contributed by atoms with Crippen molar-refractivity contribution in [3.63, 3.8) is 0 Å². The highest BCUT2D eigenvalue weighted by Crippen LogP contribution is 2.24. The Morgan fingerprint density at radius 1 is 1.40 bits per heavy atom. The SMILES string of the molecule is CCOCc1cn(C)c2ccc(Cl)cc12. The summed E-state index contributed by atoms with van der Waals surface area (Å²) in [7, 11) is 2.03. The van der Waals surface area contributed by atoms with Gasteiger partial charge in [0.05, 0.1) is 6.61 Å². The number of nitrogens with zero attached hydrogens (tertiary/aromatic N) is 1. The van der Waals surface area contributed by atoms with E-state index in [-0.39, 0.29) is 0 Å². The molecule has 80 valence electrons. The summed E-state index contributed by atoms with van der Waals surface area (Å²) in [5.74, 6) is 0. The van der Waals surface area contributed by atoms with Crippen LogP contribution in [0.4, 0.5) is 0 Å². The lowest BCUT2D eigenvalue weighted by Crippen LogP contribution is -1.90. The Bertz CT molecular complexity index is 476. The van der Waals surface area contributed by atoms with Gasteiger partial charge in [-0.3, -0.25) is 0 Å². The van der Waals surface area contributed by atoms with Crippen LogP contribution in [-0.4, -0.2) is 11.2 Å². The standard InChI is InChI=1S/C12H14ClNO/c1-3-15-8-9-7-14(2)12-5-4-10(13)6-11(9)12/h4-7H,3,8H2,1-2H3. The van der Waals surface area contributed by atoms with Gasteiger partial charge in [-0.2, -0.15) is 0 Å². The Morgan fingerprint density at radius 3 is 2.93 bits per heavy atom. The molecule has 0 saturated carbocycles. The van der Waals surface area contributed by atoms with Gasteiger partial charge in [-0.15, -0.1) is 0 Å². The van der Waals surface area contributed by atoms with E-state index in [4.69, 9.17) is 16.3 Å². The van der Waals surface area contributed by atoms with Crippen molar-refractivity contribution in [2.45, 2.75) is 13.5 Å². The van der Waals surface area contributed by atoms with Crippen molar-refractivity contribution >= 4 is 22.5 Å². The molecule has 0 radical (unpaired) electrons. The number of hydrogen-bond donors (Lipinski definition) is 0. The first kappa shape index (κ1) is 10.5. The van der Waals surface area contributed by atoms with Gasteiger partial charge in [-0.25, -0.2) is 0 Å². The quantitative estimate of drug-likeness (QED) is 0.778. The maximum absolute atomic E-state index is 5.98. The molecule has 15 heavy (non-hydrogen) atoms. The van der Waals surface area contributed by atoms with Gasteiger partial charge in [0.1, 0.15) is 0 Å². The molecule has 0 bridgehead atoms. The van der Waals surface area contributed by atoms with Gasteiger partial charge in [0.2, 0.25) is 0 Å². The summed E-state index contributed by atoms with van der Waals surface area (Å²) in [6.45, 7) is 3.38. The third kappa shape index (κ3) is 2.01. The molecule has 0 aliphatic rings. The number of ether oxygens (including phenoxy) is 1. The summed E-state index contributed by atoms with van der Waals surface area (Å²) in [6, 6.07) is 5.94. The third-order valence-electron chi connectivity index (χ3n) is 2.50. The van der Waals surface area contributed by atoms with Crippen LogP contribution in [0.15, 0.2) is 24.4 Å². The van der Waals surface area contributed by atoms with Gasteiger partial charge in [0.25, 0.3) is 0 Å². The fourth-order valence-corrected chi connectivity index (χ4v) is 1.95. The fraction of sp³-hybridized carbons (Fsp3) is 0.333. The van der Waals surface area contributed by atoms with Gasteiger partial charge in [-0.05, 0) is 25.1 Å². The van der Waals surface area contributed by atoms with Gasteiger partial charge in [-0.1, -0.05) is 11.6 Å². The molecule has 1 heterocycles. The van der Waals surface area contributed by atoms with E-state index in [2.05, 4.69) is 10.8 Å². The molecule has 0 N–H and O–H groups in total. The zero-order valence-corrected chi connectivity index (χ0v) is 9.71. The second kappa shape index (κ2) is 4.25. The Balaban J connectivity index is 2.49. The summed E-state index contributed by atoms with van der Waals surface area (Å²) in [5, 5.41) is 1.95. The number of fused-ring (bicyclic) bond motifs is 1. The van der Waals surface area contributed by atoms with E-state index < -0.39 is 0 Å². The first-order valence-corrected chi connectivity index (χ1v) is 5.41. The monoisotopic (exact) mass is 223 g/mol. The molecule has 2 rings (SSSR count). The molecule has 0 amide bonds. The highest BCUT2D eigenvalue weighted by molar-refractivity contribution is 6.31. The first-order valence-electron chi connectivity index (χ1n) is 5.03. The number of rotatable bonds is 3. The lowest BCUT2D eigenvalue weighted by Gasteiger charge is -1.99. The summed E-state index contributed by atoms with van der Waals surface area (Å²) in [5.41, 5.74) is 2.38. The van der Waals surface area contributed by atoms with E-state index >= 15 is 0 Å². The zero-order valence-electron chi connectivity index (χ0n) is 8.96. The molecule has 1 aromatic carbocycles. The molecule has 0 spiro atoms. The smallest absolute Gasteiger partial charge is 0.0737 e. The molecule has 0 unspecified atom stereocenters. The van der Waals surface area contributed by atoms with Crippen molar-refractivity contribution in [1.82, 2.24) is 4.57 Å². The minimum Gasteiger partial charge on any atom is -0.377 e. The molecule has 2 aromatic rings. The van der Waals surface area contributed by atoms with Crippen LogP contribution in [0.25, 0.3) is 10.9 Å². The van der Waals surface area contributed by atoms with Crippen LogP contribution in [0.5, 0.6) is 0 Å². The van der Waals surface area contributed by atoms with Crippen LogP contribution in [0, 0.1) is 0 Å². The van der Waals surface area contributed by atoms with E-state index in [1.165, 1.54) is 16.5 Å². The van der Waals surface area contributed by atoms with Gasteiger partial charge in [0, 0.05) is 41.3 Å². The van der Waals surface area contributed by atoms with Crippen LogP contribution >= 0.6 is 11.6 Å². The Labute approximate surface area is 94.4 Å². The second-order valence-corrected chi connectivity index (χ2v) is 4.00. The largest absolute Gasteiger partial charge is 0.377 e. The Morgan fingerprint density at radius 2 is 2.20 bits per heavy atom. The second-order valence-electron chi connectivity index (χ2n) is 3.56. The fourth-order valence-electron chi connectivity index (χ4n) is 1.77. The predicted octanol–water partition coefficient (Wildman–Crippen LogP) is 3.37. The van der Waals surface area contributed by atoms with Crippen LogP contribution in [0.2, 0.25) is 5.02 Å². The van der Waals surface area contributed by atoms with Crippen molar-refractivity contribution in [2.75, 3.05) is 6.61 Å². The van der Waals surface area contributed by atoms with E-state index in [1.54, 1.807) is 0 Å². The van der Waals surface area contributed by atoms with Crippen molar-refractivity contribution < 1.29 is 4.74 Å². The van der Waals surface area contributed by atoms with Gasteiger partial charge in [0.15, 0.2) is 0 Å². The van der Waals surface area contributed by atoms with E-state index in [1.807, 2.05) is 32.2 Å². The molecule has 2 nitrogen and oxygen atoms in total. The highest BCUT2D eigenvalue weighted by atomic mass is 35.5. The zero-order chi connectivity index (χ0) is 10.8. The highest BCUT2D eigenvalue weighted by Gasteiger charge is 2.06. The average Bonchev–Trinajstić information content (AvgIpc) is 2.52. The molecule has 0 fully saturated rings. The minimum absolute atomic E-state index is 0.647. The molecular formula is C12H14ClNO. The van der Waals surface area contributed by atoms with E-state index in [9.17, 15) is 0 Å². The number of hydrogen-bond acceptors (Lipinski definition) is 1. The minimum atomic E-state index is 0.647. The molecule has 0 saturated heterocycles. The molecule has 0 atom stereocenters. The maximum atomic E-state index is 5.98. The van der Waals surface area contributed by atoms with Gasteiger partial charge < -0.3 is 9.30 Å². The first-order chi connectivity index (χ1) is 7.22. The topological polar surface area (TPSA) is 14.2 Å². The summed E-state index contributed by atoms with van der Waals surface area (Å²) in [6.07, 6.45) is 2.09. The number of aromatic nitrogens is 1.